The molecule has 0 saturated carbocycles. The lowest BCUT2D eigenvalue weighted by molar-refractivity contribution is 0.499. The topological polar surface area (TPSA) is 25.2 Å². The van der Waals surface area contributed by atoms with Crippen LogP contribution >= 0.6 is 43.2 Å². The summed E-state index contributed by atoms with van der Waals surface area (Å²) in [7, 11) is 0. The first-order valence-corrected chi connectivity index (χ1v) is 8.37. The molecule has 1 N–H and O–H groups in total. The van der Waals surface area contributed by atoms with Gasteiger partial charge in [-0.15, -0.1) is 11.3 Å². The Morgan fingerprint density at radius 3 is 2.78 bits per heavy atom. The van der Waals surface area contributed by atoms with Gasteiger partial charge in [-0.1, -0.05) is 6.92 Å². The average Bonchev–Trinajstić information content (AvgIpc) is 2.94. The summed E-state index contributed by atoms with van der Waals surface area (Å²) in [6.45, 7) is 3.18. The predicted molar refractivity (Wildman–Crippen MR) is 83.2 cm³/mol. The quantitative estimate of drug-likeness (QED) is 0.735. The molecule has 2 aromatic heterocycles. The third-order valence-electron chi connectivity index (χ3n) is 2.74. The van der Waals surface area contributed by atoms with Crippen LogP contribution in [0.3, 0.4) is 0 Å². The third kappa shape index (κ3) is 3.47. The largest absolute Gasteiger partial charge is 0.457 e. The van der Waals surface area contributed by atoms with Gasteiger partial charge in [0, 0.05) is 27.4 Å². The average molecular weight is 393 g/mol. The minimum Gasteiger partial charge on any atom is -0.457 e. The first kappa shape index (κ1) is 14.3. The highest BCUT2D eigenvalue weighted by atomic mass is 79.9. The van der Waals surface area contributed by atoms with E-state index in [1.165, 1.54) is 14.9 Å². The van der Waals surface area contributed by atoms with Crippen LogP contribution < -0.4 is 5.32 Å². The molecule has 1 unspecified atom stereocenters. The van der Waals surface area contributed by atoms with Crippen LogP contribution in [0.2, 0.25) is 0 Å². The van der Waals surface area contributed by atoms with E-state index in [4.69, 9.17) is 4.42 Å². The Kier molecular flexibility index (Phi) is 5.48. The van der Waals surface area contributed by atoms with E-state index >= 15 is 0 Å². The molecule has 18 heavy (non-hydrogen) atoms. The molecular formula is C13H15Br2NOS. The molecule has 2 rings (SSSR count). The summed E-state index contributed by atoms with van der Waals surface area (Å²) in [4.78, 5) is 1.36. The van der Waals surface area contributed by atoms with Crippen molar-refractivity contribution >= 4 is 43.2 Å². The van der Waals surface area contributed by atoms with Crippen molar-refractivity contribution in [3.8, 4) is 0 Å². The first-order chi connectivity index (χ1) is 8.72. The number of rotatable bonds is 6. The van der Waals surface area contributed by atoms with E-state index < -0.39 is 0 Å². The van der Waals surface area contributed by atoms with Gasteiger partial charge in [0.25, 0.3) is 0 Å². The summed E-state index contributed by atoms with van der Waals surface area (Å²) in [5, 5.41) is 5.69. The van der Waals surface area contributed by atoms with E-state index in [9.17, 15) is 0 Å². The zero-order valence-corrected chi connectivity index (χ0v) is 14.1. The fraction of sp³-hybridized carbons (Fsp3) is 0.385. The SMILES string of the molecule is CCCNC(Cc1sccc1Br)c1ccoc1Br. The molecule has 1 atom stereocenters. The van der Waals surface area contributed by atoms with Gasteiger partial charge in [0.15, 0.2) is 4.67 Å². The van der Waals surface area contributed by atoms with Gasteiger partial charge >= 0.3 is 0 Å². The Labute approximate surface area is 128 Å². The fourth-order valence-electron chi connectivity index (χ4n) is 1.82. The number of furan rings is 1. The molecule has 2 nitrogen and oxygen atoms in total. The Balaban J connectivity index is 2.15. The lowest BCUT2D eigenvalue weighted by atomic mass is 10.1. The highest BCUT2D eigenvalue weighted by Crippen LogP contribution is 2.31. The van der Waals surface area contributed by atoms with Gasteiger partial charge in [-0.05, 0) is 62.3 Å². The van der Waals surface area contributed by atoms with E-state index in [1.807, 2.05) is 6.07 Å². The maximum Gasteiger partial charge on any atom is 0.173 e. The van der Waals surface area contributed by atoms with Crippen molar-refractivity contribution in [3.63, 3.8) is 0 Å². The molecule has 0 radical (unpaired) electrons. The number of hydrogen-bond donors (Lipinski definition) is 1. The second kappa shape index (κ2) is 6.89. The van der Waals surface area contributed by atoms with Gasteiger partial charge in [-0.25, -0.2) is 0 Å². The summed E-state index contributed by atoms with van der Waals surface area (Å²) in [6.07, 6.45) is 3.82. The van der Waals surface area contributed by atoms with Crippen molar-refractivity contribution in [2.45, 2.75) is 25.8 Å². The smallest absolute Gasteiger partial charge is 0.173 e. The van der Waals surface area contributed by atoms with Gasteiger partial charge in [0.1, 0.15) is 0 Å². The molecule has 0 aliphatic rings. The standard InChI is InChI=1S/C13H15Br2NOS/c1-2-5-16-11(9-3-6-17-13(9)15)8-12-10(14)4-7-18-12/h3-4,6-7,11,16H,2,5,8H2,1H3. The number of hydrogen-bond acceptors (Lipinski definition) is 3. The van der Waals surface area contributed by atoms with Gasteiger partial charge in [0.2, 0.25) is 0 Å². The van der Waals surface area contributed by atoms with E-state index in [2.05, 4.69) is 55.5 Å². The Morgan fingerprint density at radius 1 is 1.39 bits per heavy atom. The van der Waals surface area contributed by atoms with Crippen molar-refractivity contribution in [2.24, 2.45) is 0 Å². The maximum atomic E-state index is 5.34. The van der Waals surface area contributed by atoms with Gasteiger partial charge in [0.05, 0.1) is 6.26 Å². The molecule has 0 aliphatic carbocycles. The molecule has 98 valence electrons. The maximum absolute atomic E-state index is 5.34. The molecule has 5 heteroatoms. The second-order valence-electron chi connectivity index (χ2n) is 4.05. The van der Waals surface area contributed by atoms with Crippen molar-refractivity contribution < 1.29 is 4.42 Å². The van der Waals surface area contributed by atoms with Gasteiger partial charge < -0.3 is 9.73 Å². The normalized spacial score (nSPS) is 12.8. The van der Waals surface area contributed by atoms with Crippen LogP contribution in [-0.4, -0.2) is 6.54 Å². The van der Waals surface area contributed by atoms with Crippen molar-refractivity contribution in [1.29, 1.82) is 0 Å². The number of halogens is 2. The summed E-state index contributed by atoms with van der Waals surface area (Å²) in [5.41, 5.74) is 1.18. The molecule has 0 spiro atoms. The Bertz CT molecular complexity index is 495. The van der Waals surface area contributed by atoms with Crippen LogP contribution in [0.15, 0.2) is 37.3 Å². The van der Waals surface area contributed by atoms with Crippen LogP contribution in [0.25, 0.3) is 0 Å². The van der Waals surface area contributed by atoms with E-state index in [1.54, 1.807) is 17.6 Å². The predicted octanol–water partition coefficient (Wildman–Crippen LogP) is 5.15. The summed E-state index contributed by atoms with van der Waals surface area (Å²) in [6, 6.07) is 4.41. The van der Waals surface area contributed by atoms with Crippen molar-refractivity contribution in [1.82, 2.24) is 5.32 Å². The number of nitrogens with one attached hydrogen (secondary N) is 1. The minimum absolute atomic E-state index is 0.285. The van der Waals surface area contributed by atoms with E-state index in [-0.39, 0.29) is 6.04 Å². The third-order valence-corrected chi connectivity index (χ3v) is 5.34. The molecule has 2 heterocycles. The summed E-state index contributed by atoms with van der Waals surface area (Å²) < 4.78 is 7.36. The molecule has 2 aromatic rings. The zero-order valence-electron chi connectivity index (χ0n) is 10.1. The molecule has 0 saturated heterocycles. The van der Waals surface area contributed by atoms with Crippen molar-refractivity contribution in [3.05, 3.63) is 43.4 Å². The van der Waals surface area contributed by atoms with Crippen LogP contribution in [0.4, 0.5) is 0 Å². The fourth-order valence-corrected chi connectivity index (χ4v) is 3.90. The summed E-state index contributed by atoms with van der Waals surface area (Å²) in [5.74, 6) is 0. The molecular weight excluding hydrogens is 378 g/mol. The Hall–Kier alpha value is -0.100. The molecule has 0 amide bonds. The minimum atomic E-state index is 0.285. The molecule has 0 bridgehead atoms. The second-order valence-corrected chi connectivity index (χ2v) is 6.63. The molecule has 0 aliphatic heterocycles. The first-order valence-electron chi connectivity index (χ1n) is 5.90. The van der Waals surface area contributed by atoms with Crippen molar-refractivity contribution in [2.75, 3.05) is 6.54 Å². The van der Waals surface area contributed by atoms with Gasteiger partial charge in [-0.3, -0.25) is 0 Å². The van der Waals surface area contributed by atoms with Crippen LogP contribution in [0.1, 0.15) is 29.8 Å². The number of thiophene rings is 1. The molecule has 0 aromatic carbocycles. The van der Waals surface area contributed by atoms with E-state index in [0.717, 1.165) is 24.1 Å². The van der Waals surface area contributed by atoms with Crippen LogP contribution in [0.5, 0.6) is 0 Å². The Morgan fingerprint density at radius 2 is 2.22 bits per heavy atom. The van der Waals surface area contributed by atoms with E-state index in [0.29, 0.717) is 0 Å². The monoisotopic (exact) mass is 391 g/mol. The highest BCUT2D eigenvalue weighted by molar-refractivity contribution is 9.10. The molecule has 0 fully saturated rings. The lowest BCUT2D eigenvalue weighted by Gasteiger charge is -2.17. The zero-order chi connectivity index (χ0) is 13.0. The summed E-state index contributed by atoms with van der Waals surface area (Å²) >= 11 is 8.84. The van der Waals surface area contributed by atoms with Crippen LogP contribution in [-0.2, 0) is 6.42 Å². The van der Waals surface area contributed by atoms with Crippen LogP contribution in [0, 0.1) is 0 Å². The van der Waals surface area contributed by atoms with Gasteiger partial charge in [-0.2, -0.15) is 0 Å². The highest BCUT2D eigenvalue weighted by Gasteiger charge is 2.18. The lowest BCUT2D eigenvalue weighted by Crippen LogP contribution is -2.23.